The summed E-state index contributed by atoms with van der Waals surface area (Å²) in [5.74, 6) is 0.545. The Hall–Kier alpha value is -0.930. The predicted molar refractivity (Wildman–Crippen MR) is 70.7 cm³/mol. The average Bonchev–Trinajstić information content (AvgIpc) is 2.27. The Morgan fingerprint density at radius 2 is 1.88 bits per heavy atom. The van der Waals surface area contributed by atoms with Crippen molar-refractivity contribution in [2.24, 2.45) is 5.92 Å². The molecule has 0 aromatic heterocycles. The highest BCUT2D eigenvalue weighted by Crippen LogP contribution is 2.03. The van der Waals surface area contributed by atoms with Crippen LogP contribution in [0.5, 0.6) is 0 Å². The van der Waals surface area contributed by atoms with Crippen LogP contribution in [0.15, 0.2) is 24.3 Å². The molecule has 0 aliphatic heterocycles. The minimum atomic E-state index is -0.152. The maximum Gasteiger partial charge on any atom is 0.123 e. The van der Waals surface area contributed by atoms with E-state index in [1.54, 1.807) is 12.1 Å². The van der Waals surface area contributed by atoms with Crippen molar-refractivity contribution in [2.75, 3.05) is 26.2 Å². The predicted octanol–water partition coefficient (Wildman–Crippen LogP) is 2.20. The van der Waals surface area contributed by atoms with Gasteiger partial charge in [-0.2, -0.15) is 0 Å². The van der Waals surface area contributed by atoms with E-state index in [1.165, 1.54) is 6.07 Å². The van der Waals surface area contributed by atoms with Crippen molar-refractivity contribution >= 4 is 0 Å². The van der Waals surface area contributed by atoms with Crippen LogP contribution in [0, 0.1) is 11.7 Å². The van der Waals surface area contributed by atoms with E-state index >= 15 is 0 Å². The Kier molecular flexibility index (Phi) is 6.82. The first-order valence-corrected chi connectivity index (χ1v) is 6.34. The lowest BCUT2D eigenvalue weighted by Crippen LogP contribution is -2.30. The van der Waals surface area contributed by atoms with Crippen LogP contribution >= 0.6 is 0 Å². The fourth-order valence-electron chi connectivity index (χ4n) is 1.62. The first-order valence-electron chi connectivity index (χ1n) is 6.34. The molecule has 0 bridgehead atoms. The second-order valence-electron chi connectivity index (χ2n) is 4.73. The quantitative estimate of drug-likeness (QED) is 0.679. The van der Waals surface area contributed by atoms with Crippen LogP contribution in [-0.4, -0.2) is 26.2 Å². The van der Waals surface area contributed by atoms with Gasteiger partial charge in [0.2, 0.25) is 0 Å². The van der Waals surface area contributed by atoms with E-state index in [9.17, 15) is 4.39 Å². The zero-order valence-electron chi connectivity index (χ0n) is 10.8. The third-order valence-electron chi connectivity index (χ3n) is 2.51. The van der Waals surface area contributed by atoms with Gasteiger partial charge in [-0.25, -0.2) is 4.39 Å². The Morgan fingerprint density at radius 3 is 2.59 bits per heavy atom. The van der Waals surface area contributed by atoms with Crippen molar-refractivity contribution in [2.45, 2.75) is 20.3 Å². The number of benzene rings is 1. The normalized spacial score (nSPS) is 11.1. The summed E-state index contributed by atoms with van der Waals surface area (Å²) in [6.45, 7) is 8.30. The fraction of sp³-hybridized carbons (Fsp3) is 0.571. The standard InChI is InChI=1S/C14H23FN2/c1-12(2)11-17-9-8-16-7-6-13-4-3-5-14(15)10-13/h3-5,10,12,16-17H,6-9,11H2,1-2H3. The molecule has 17 heavy (non-hydrogen) atoms. The molecule has 0 radical (unpaired) electrons. The lowest BCUT2D eigenvalue weighted by Gasteiger charge is -2.08. The molecule has 0 amide bonds. The van der Waals surface area contributed by atoms with Crippen LogP contribution in [0.2, 0.25) is 0 Å². The van der Waals surface area contributed by atoms with Crippen molar-refractivity contribution in [1.82, 2.24) is 10.6 Å². The summed E-state index contributed by atoms with van der Waals surface area (Å²) in [4.78, 5) is 0. The van der Waals surface area contributed by atoms with Crippen LogP contribution < -0.4 is 10.6 Å². The van der Waals surface area contributed by atoms with E-state index in [0.29, 0.717) is 5.92 Å². The third kappa shape index (κ3) is 7.08. The van der Waals surface area contributed by atoms with E-state index in [-0.39, 0.29) is 5.82 Å². The monoisotopic (exact) mass is 238 g/mol. The van der Waals surface area contributed by atoms with Crippen LogP contribution in [0.4, 0.5) is 4.39 Å². The molecule has 0 heterocycles. The highest BCUT2D eigenvalue weighted by molar-refractivity contribution is 5.16. The van der Waals surface area contributed by atoms with Crippen molar-refractivity contribution in [1.29, 1.82) is 0 Å². The number of hydrogen-bond acceptors (Lipinski definition) is 2. The van der Waals surface area contributed by atoms with E-state index in [0.717, 1.165) is 38.2 Å². The molecule has 2 N–H and O–H groups in total. The SMILES string of the molecule is CC(C)CNCCNCCc1cccc(F)c1. The molecule has 3 heteroatoms. The largest absolute Gasteiger partial charge is 0.315 e. The fourth-order valence-corrected chi connectivity index (χ4v) is 1.62. The molecule has 2 nitrogen and oxygen atoms in total. The van der Waals surface area contributed by atoms with Crippen molar-refractivity contribution < 1.29 is 4.39 Å². The van der Waals surface area contributed by atoms with Gasteiger partial charge in [-0.15, -0.1) is 0 Å². The summed E-state index contributed by atoms with van der Waals surface area (Å²) in [6, 6.07) is 6.79. The van der Waals surface area contributed by atoms with Gasteiger partial charge in [0.15, 0.2) is 0 Å². The number of hydrogen-bond donors (Lipinski definition) is 2. The maximum atomic E-state index is 12.9. The summed E-state index contributed by atoms with van der Waals surface area (Å²) in [7, 11) is 0. The van der Waals surface area contributed by atoms with Crippen LogP contribution in [0.3, 0.4) is 0 Å². The molecule has 1 aromatic carbocycles. The lowest BCUT2D eigenvalue weighted by molar-refractivity contribution is 0.536. The highest BCUT2D eigenvalue weighted by atomic mass is 19.1. The smallest absolute Gasteiger partial charge is 0.123 e. The summed E-state index contributed by atoms with van der Waals surface area (Å²) in [6.07, 6.45) is 0.877. The van der Waals surface area contributed by atoms with Crippen molar-refractivity contribution in [3.05, 3.63) is 35.6 Å². The van der Waals surface area contributed by atoms with E-state index in [2.05, 4.69) is 24.5 Å². The summed E-state index contributed by atoms with van der Waals surface area (Å²) >= 11 is 0. The Labute approximate surface area is 104 Å². The Balaban J connectivity index is 2.01. The van der Waals surface area contributed by atoms with Crippen LogP contribution in [0.25, 0.3) is 0 Å². The second kappa shape index (κ2) is 8.20. The molecular formula is C14H23FN2. The summed E-state index contributed by atoms with van der Waals surface area (Å²) < 4.78 is 12.9. The molecule has 0 fully saturated rings. The van der Waals surface area contributed by atoms with E-state index < -0.39 is 0 Å². The van der Waals surface area contributed by atoms with E-state index in [4.69, 9.17) is 0 Å². The number of nitrogens with one attached hydrogen (secondary N) is 2. The Morgan fingerprint density at radius 1 is 1.12 bits per heavy atom. The van der Waals surface area contributed by atoms with Gasteiger partial charge in [0.25, 0.3) is 0 Å². The molecule has 0 spiro atoms. The van der Waals surface area contributed by atoms with Gasteiger partial charge in [0.05, 0.1) is 0 Å². The molecule has 1 aromatic rings. The highest BCUT2D eigenvalue weighted by Gasteiger charge is 1.95. The van der Waals surface area contributed by atoms with Crippen LogP contribution in [0.1, 0.15) is 19.4 Å². The Bertz CT molecular complexity index is 313. The molecule has 0 unspecified atom stereocenters. The van der Waals surface area contributed by atoms with Gasteiger partial charge in [0, 0.05) is 13.1 Å². The summed E-state index contributed by atoms with van der Waals surface area (Å²) in [5, 5.41) is 6.71. The van der Waals surface area contributed by atoms with Crippen molar-refractivity contribution in [3.8, 4) is 0 Å². The molecule has 96 valence electrons. The van der Waals surface area contributed by atoms with Gasteiger partial charge in [0.1, 0.15) is 5.82 Å². The number of rotatable bonds is 8. The van der Waals surface area contributed by atoms with Gasteiger partial charge in [-0.1, -0.05) is 26.0 Å². The maximum absolute atomic E-state index is 12.9. The zero-order valence-corrected chi connectivity index (χ0v) is 10.8. The zero-order chi connectivity index (χ0) is 12.5. The molecule has 0 atom stereocenters. The van der Waals surface area contributed by atoms with E-state index in [1.807, 2.05) is 6.07 Å². The minimum Gasteiger partial charge on any atom is -0.315 e. The van der Waals surface area contributed by atoms with Gasteiger partial charge < -0.3 is 10.6 Å². The molecule has 0 aliphatic carbocycles. The van der Waals surface area contributed by atoms with Gasteiger partial charge in [-0.3, -0.25) is 0 Å². The molecule has 0 saturated carbocycles. The van der Waals surface area contributed by atoms with Crippen molar-refractivity contribution in [3.63, 3.8) is 0 Å². The molecule has 1 rings (SSSR count). The first-order chi connectivity index (χ1) is 8.18. The average molecular weight is 238 g/mol. The van der Waals surface area contributed by atoms with Crippen LogP contribution in [-0.2, 0) is 6.42 Å². The number of halogens is 1. The topological polar surface area (TPSA) is 24.1 Å². The molecule has 0 aliphatic rings. The lowest BCUT2D eigenvalue weighted by atomic mass is 10.1. The van der Waals surface area contributed by atoms with Gasteiger partial charge >= 0.3 is 0 Å². The second-order valence-corrected chi connectivity index (χ2v) is 4.73. The third-order valence-corrected chi connectivity index (χ3v) is 2.51. The molecule has 0 saturated heterocycles. The minimum absolute atomic E-state index is 0.152. The molecular weight excluding hydrogens is 215 g/mol. The van der Waals surface area contributed by atoms with Gasteiger partial charge in [-0.05, 0) is 43.1 Å². The summed E-state index contributed by atoms with van der Waals surface area (Å²) in [5.41, 5.74) is 1.05. The first kappa shape index (κ1) is 14.1.